The summed E-state index contributed by atoms with van der Waals surface area (Å²) in [6.07, 6.45) is -1.69. The summed E-state index contributed by atoms with van der Waals surface area (Å²) in [6, 6.07) is 8.10. The molecule has 0 bridgehead atoms. The smallest absolute Gasteiger partial charge is 0.235 e. The average molecular weight is 563 g/mol. The SMILES string of the molecule is CC(=O)c1ccc(-c2ccc3c(c2O)C(=O)C2C(=O)[C@@]4(O)C(=O)C(C(N)=O)C(=O)[C@H](N(C)C)[C@H]4[C@H](O)[C@H]2[C@@H]3C)cc1. The first-order valence-corrected chi connectivity index (χ1v) is 13.2. The number of aromatic hydroxyl groups is 1. The highest BCUT2D eigenvalue weighted by Crippen LogP contribution is 2.55. The van der Waals surface area contributed by atoms with Crippen LogP contribution in [0.25, 0.3) is 11.1 Å². The number of hydrogen-bond acceptors (Lipinski definition) is 10. The lowest BCUT2D eigenvalue weighted by atomic mass is 9.49. The summed E-state index contributed by atoms with van der Waals surface area (Å²) >= 11 is 0. The van der Waals surface area contributed by atoms with Gasteiger partial charge in [0.25, 0.3) is 0 Å². The molecule has 2 aromatic rings. The van der Waals surface area contributed by atoms with Crippen molar-refractivity contribution >= 4 is 34.8 Å². The first-order chi connectivity index (χ1) is 19.2. The van der Waals surface area contributed by atoms with E-state index in [1.165, 1.54) is 25.9 Å². The monoisotopic (exact) mass is 562 g/mol. The van der Waals surface area contributed by atoms with Gasteiger partial charge in [0.2, 0.25) is 5.91 Å². The number of fused-ring (bicyclic) bond motifs is 3. The number of aliphatic hydroxyl groups excluding tert-OH is 1. The molecule has 2 saturated carbocycles. The molecule has 0 saturated heterocycles. The van der Waals surface area contributed by atoms with Crippen LogP contribution in [0.3, 0.4) is 0 Å². The maximum absolute atomic E-state index is 14.0. The third-order valence-electron chi connectivity index (χ3n) is 9.09. The number of amides is 1. The molecule has 3 aliphatic carbocycles. The summed E-state index contributed by atoms with van der Waals surface area (Å²) in [5, 5.41) is 34.7. The van der Waals surface area contributed by atoms with Crippen molar-refractivity contribution in [2.24, 2.45) is 29.4 Å². The fourth-order valence-electron chi connectivity index (χ4n) is 7.11. The van der Waals surface area contributed by atoms with Gasteiger partial charge in [0.15, 0.2) is 40.4 Å². The van der Waals surface area contributed by atoms with E-state index in [9.17, 15) is 44.1 Å². The van der Waals surface area contributed by atoms with Crippen LogP contribution >= 0.6 is 0 Å². The Morgan fingerprint density at radius 2 is 1.59 bits per heavy atom. The van der Waals surface area contributed by atoms with Crippen molar-refractivity contribution in [3.05, 3.63) is 53.1 Å². The summed E-state index contributed by atoms with van der Waals surface area (Å²) < 4.78 is 0. The number of Topliss-reactive ketones (excluding diaryl/α,β-unsaturated/α-hetero) is 5. The molecular weight excluding hydrogens is 532 g/mol. The van der Waals surface area contributed by atoms with Gasteiger partial charge in [0, 0.05) is 17.0 Å². The minimum atomic E-state index is -3.05. The highest BCUT2D eigenvalue weighted by Gasteiger charge is 2.72. The molecule has 8 atom stereocenters. The van der Waals surface area contributed by atoms with E-state index in [0.717, 1.165) is 0 Å². The number of phenolic OH excluding ortho intramolecular Hbond substituents is 1. The fourth-order valence-corrected chi connectivity index (χ4v) is 7.11. The zero-order valence-electron chi connectivity index (χ0n) is 22.8. The van der Waals surface area contributed by atoms with E-state index >= 15 is 0 Å². The van der Waals surface area contributed by atoms with Gasteiger partial charge in [-0.05, 0) is 38.1 Å². The van der Waals surface area contributed by atoms with Gasteiger partial charge in [-0.25, -0.2) is 0 Å². The minimum absolute atomic E-state index is 0.152. The first kappa shape index (κ1) is 28.5. The predicted molar refractivity (Wildman–Crippen MR) is 143 cm³/mol. The fraction of sp³-hybridized carbons (Fsp3) is 0.400. The molecule has 2 unspecified atom stereocenters. The van der Waals surface area contributed by atoms with Crippen molar-refractivity contribution in [1.29, 1.82) is 0 Å². The van der Waals surface area contributed by atoms with Gasteiger partial charge in [-0.15, -0.1) is 0 Å². The maximum Gasteiger partial charge on any atom is 0.235 e. The zero-order chi connectivity index (χ0) is 30.3. The molecular formula is C30H30N2O9. The molecule has 11 heteroatoms. The standard InChI is InChI=1S/C30H30N2O9/c1-11-15-9-10-16(14-7-5-13(6-8-14)12(2)33)23(34)18(15)24(35)19-17(11)25(36)21-22(32(3)4)26(37)20(29(31)40)28(39)30(21,41)27(19)38/h5-11,17,19-22,25,34,36,41H,1-4H3,(H2,31,40)/t11-,17+,19?,20?,21+,22-,25-,30-/m1/s1. The van der Waals surface area contributed by atoms with Gasteiger partial charge < -0.3 is 21.1 Å². The normalized spacial score (nSPS) is 32.8. The van der Waals surface area contributed by atoms with Crippen LogP contribution in [0.15, 0.2) is 36.4 Å². The lowest BCUT2D eigenvalue weighted by Crippen LogP contribution is -2.77. The Morgan fingerprint density at radius 1 is 0.976 bits per heavy atom. The third kappa shape index (κ3) is 3.76. The first-order valence-electron chi connectivity index (χ1n) is 13.2. The molecule has 1 amide bonds. The molecule has 5 N–H and O–H groups in total. The number of nitrogens with zero attached hydrogens (tertiary/aromatic N) is 1. The second-order valence-corrected chi connectivity index (χ2v) is 11.4. The van der Waals surface area contributed by atoms with Crippen molar-refractivity contribution in [3.8, 4) is 16.9 Å². The molecule has 0 aromatic heterocycles. The van der Waals surface area contributed by atoms with Gasteiger partial charge in [-0.1, -0.05) is 43.3 Å². The number of likely N-dealkylation sites (N-methyl/N-ethyl adjacent to an activating group) is 1. The Labute approximate surface area is 234 Å². The van der Waals surface area contributed by atoms with Crippen LogP contribution < -0.4 is 5.73 Å². The Kier molecular flexibility index (Phi) is 6.60. The number of primary amides is 1. The van der Waals surface area contributed by atoms with Gasteiger partial charge in [0.05, 0.1) is 29.5 Å². The van der Waals surface area contributed by atoms with E-state index in [0.29, 0.717) is 16.7 Å². The highest BCUT2D eigenvalue weighted by molar-refractivity contribution is 6.32. The summed E-state index contributed by atoms with van der Waals surface area (Å²) in [4.78, 5) is 79.8. The highest BCUT2D eigenvalue weighted by atomic mass is 16.3. The van der Waals surface area contributed by atoms with E-state index < -0.39 is 82.1 Å². The number of aliphatic hydroxyl groups is 2. The summed E-state index contributed by atoms with van der Waals surface area (Å²) in [6.45, 7) is 3.06. The topological polar surface area (TPSA) is 192 Å². The number of ketones is 5. The second kappa shape index (κ2) is 9.51. The van der Waals surface area contributed by atoms with E-state index in [1.807, 2.05) is 0 Å². The molecule has 11 nitrogen and oxygen atoms in total. The van der Waals surface area contributed by atoms with Crippen molar-refractivity contribution < 1.29 is 44.1 Å². The summed E-state index contributed by atoms with van der Waals surface area (Å²) in [5.41, 5.74) is 3.63. The Morgan fingerprint density at radius 3 is 2.12 bits per heavy atom. The van der Waals surface area contributed by atoms with Gasteiger partial charge in [-0.2, -0.15) is 0 Å². The molecule has 0 aliphatic heterocycles. The minimum Gasteiger partial charge on any atom is -0.507 e. The Balaban J connectivity index is 1.67. The maximum atomic E-state index is 14.0. The number of carbonyl (C=O) groups excluding carboxylic acids is 6. The summed E-state index contributed by atoms with van der Waals surface area (Å²) in [5.74, 6) is -13.9. The van der Waals surface area contributed by atoms with Gasteiger partial charge >= 0.3 is 0 Å². The third-order valence-corrected chi connectivity index (χ3v) is 9.09. The molecule has 0 heterocycles. The van der Waals surface area contributed by atoms with Crippen molar-refractivity contribution in [1.82, 2.24) is 4.90 Å². The average Bonchev–Trinajstić information content (AvgIpc) is 2.90. The number of phenols is 1. The van der Waals surface area contributed by atoms with Crippen molar-refractivity contribution in [2.45, 2.75) is 37.5 Å². The molecule has 0 spiro atoms. The number of benzene rings is 2. The van der Waals surface area contributed by atoms with Gasteiger partial charge in [-0.3, -0.25) is 33.7 Å². The Bertz CT molecular complexity index is 1550. The van der Waals surface area contributed by atoms with Crippen molar-refractivity contribution in [2.75, 3.05) is 14.1 Å². The van der Waals surface area contributed by atoms with E-state index in [4.69, 9.17) is 5.73 Å². The quantitative estimate of drug-likeness (QED) is 0.297. The molecule has 2 aromatic carbocycles. The van der Waals surface area contributed by atoms with Crippen LogP contribution in [-0.4, -0.2) is 86.9 Å². The lowest BCUT2D eigenvalue weighted by molar-refractivity contribution is -0.196. The summed E-state index contributed by atoms with van der Waals surface area (Å²) in [7, 11) is 2.88. The van der Waals surface area contributed by atoms with Crippen LogP contribution in [0.4, 0.5) is 0 Å². The zero-order valence-corrected chi connectivity index (χ0v) is 22.8. The number of nitrogens with two attached hydrogens (primary N) is 1. The molecule has 2 fully saturated rings. The number of hydrogen-bond donors (Lipinski definition) is 4. The lowest BCUT2D eigenvalue weighted by Gasteiger charge is -2.56. The number of carbonyl (C=O) groups is 6. The van der Waals surface area contributed by atoms with E-state index in [2.05, 4.69) is 0 Å². The predicted octanol–water partition coefficient (Wildman–Crippen LogP) is 0.268. The van der Waals surface area contributed by atoms with Crippen LogP contribution in [0, 0.1) is 23.7 Å². The molecule has 41 heavy (non-hydrogen) atoms. The largest absolute Gasteiger partial charge is 0.507 e. The molecule has 3 aliphatic rings. The number of rotatable bonds is 4. The van der Waals surface area contributed by atoms with Crippen LogP contribution in [0.1, 0.15) is 46.0 Å². The van der Waals surface area contributed by atoms with Crippen LogP contribution in [0.2, 0.25) is 0 Å². The van der Waals surface area contributed by atoms with Crippen LogP contribution in [-0.2, 0) is 19.2 Å². The molecule has 5 rings (SSSR count). The van der Waals surface area contributed by atoms with E-state index in [1.54, 1.807) is 43.3 Å². The molecule has 214 valence electrons. The van der Waals surface area contributed by atoms with E-state index in [-0.39, 0.29) is 16.9 Å². The van der Waals surface area contributed by atoms with Gasteiger partial charge in [0.1, 0.15) is 5.75 Å². The molecule has 0 radical (unpaired) electrons. The van der Waals surface area contributed by atoms with Crippen LogP contribution in [0.5, 0.6) is 5.75 Å². The Hall–Kier alpha value is -4.06. The second-order valence-electron chi connectivity index (χ2n) is 11.4. The van der Waals surface area contributed by atoms with Crippen molar-refractivity contribution in [3.63, 3.8) is 0 Å².